The molecule has 5 nitrogen and oxygen atoms in total. The number of rotatable bonds is 24. The van der Waals surface area contributed by atoms with Crippen molar-refractivity contribution in [1.82, 2.24) is 0 Å². The van der Waals surface area contributed by atoms with Gasteiger partial charge >= 0.3 is 11.9 Å². The molecule has 0 aromatic carbocycles. The largest absolute Gasteiger partial charge is 0.462 e. The summed E-state index contributed by atoms with van der Waals surface area (Å²) in [6.45, 7) is 3.83. The summed E-state index contributed by atoms with van der Waals surface area (Å²) in [4.78, 5) is 23.7. The number of unbranched alkanes of at least 4 members (excludes halogenated alkanes) is 6. The Labute approximate surface area is 226 Å². The molecule has 0 saturated heterocycles. The van der Waals surface area contributed by atoms with Gasteiger partial charge in [0.15, 0.2) is 6.10 Å². The summed E-state index contributed by atoms with van der Waals surface area (Å²) in [5.74, 6) is -0.659. The van der Waals surface area contributed by atoms with Gasteiger partial charge in [-0.05, 0) is 57.8 Å². The second-order valence-corrected chi connectivity index (χ2v) is 9.10. The number of aliphatic hydroxyl groups excluding tert-OH is 1. The normalized spacial score (nSPS) is 13.1. The predicted octanol–water partition coefficient (Wildman–Crippen LogP) is 8.11. The van der Waals surface area contributed by atoms with Crippen LogP contribution in [0.4, 0.5) is 0 Å². The van der Waals surface area contributed by atoms with Gasteiger partial charge in [0, 0.05) is 12.8 Å². The van der Waals surface area contributed by atoms with E-state index in [1.165, 1.54) is 0 Å². The minimum Gasteiger partial charge on any atom is -0.462 e. The minimum absolute atomic E-state index is 0.0844. The third-order valence-electron chi connectivity index (χ3n) is 5.58. The van der Waals surface area contributed by atoms with E-state index in [-0.39, 0.29) is 25.2 Å². The van der Waals surface area contributed by atoms with Crippen LogP contribution in [0.5, 0.6) is 0 Å². The third kappa shape index (κ3) is 26.5. The van der Waals surface area contributed by atoms with Gasteiger partial charge in [-0.15, -0.1) is 0 Å². The summed E-state index contributed by atoms with van der Waals surface area (Å²) in [7, 11) is 0. The molecular formula is C32H52O5. The van der Waals surface area contributed by atoms with Crippen LogP contribution in [-0.2, 0) is 19.1 Å². The SMILES string of the molecule is CC/C=C\C/C=C\C/C=C\C/C=C\C/C=C\CCCCCC(=O)OC(CO)COC(=O)CCCCCC. The molecule has 37 heavy (non-hydrogen) atoms. The number of esters is 2. The van der Waals surface area contributed by atoms with E-state index in [2.05, 4.69) is 74.6 Å². The molecule has 0 radical (unpaired) electrons. The fourth-order valence-corrected chi connectivity index (χ4v) is 3.40. The molecule has 0 bridgehead atoms. The summed E-state index contributed by atoms with van der Waals surface area (Å²) in [6, 6.07) is 0. The van der Waals surface area contributed by atoms with Crippen molar-refractivity contribution in [2.24, 2.45) is 0 Å². The lowest BCUT2D eigenvalue weighted by molar-refractivity contribution is -0.161. The van der Waals surface area contributed by atoms with Gasteiger partial charge < -0.3 is 14.6 Å². The van der Waals surface area contributed by atoms with Crippen LogP contribution in [0.3, 0.4) is 0 Å². The Morgan fingerprint density at radius 3 is 1.70 bits per heavy atom. The molecule has 1 atom stereocenters. The molecule has 1 unspecified atom stereocenters. The van der Waals surface area contributed by atoms with Crippen molar-refractivity contribution in [3.05, 3.63) is 60.8 Å². The average Bonchev–Trinajstić information content (AvgIpc) is 2.90. The van der Waals surface area contributed by atoms with Gasteiger partial charge in [-0.25, -0.2) is 0 Å². The maximum absolute atomic E-state index is 12.0. The van der Waals surface area contributed by atoms with Crippen molar-refractivity contribution in [1.29, 1.82) is 0 Å². The highest BCUT2D eigenvalue weighted by atomic mass is 16.6. The van der Waals surface area contributed by atoms with Crippen LogP contribution in [-0.4, -0.2) is 36.4 Å². The molecule has 0 aromatic heterocycles. The summed E-state index contributed by atoms with van der Waals surface area (Å²) in [6.07, 6.45) is 34.6. The Morgan fingerprint density at radius 1 is 0.649 bits per heavy atom. The van der Waals surface area contributed by atoms with Crippen molar-refractivity contribution in [3.63, 3.8) is 0 Å². The number of carbonyl (C=O) groups excluding carboxylic acids is 2. The van der Waals surface area contributed by atoms with E-state index < -0.39 is 6.10 Å². The molecule has 0 saturated carbocycles. The number of ether oxygens (including phenoxy) is 2. The summed E-state index contributed by atoms with van der Waals surface area (Å²) < 4.78 is 10.4. The maximum Gasteiger partial charge on any atom is 0.306 e. The van der Waals surface area contributed by atoms with Crippen molar-refractivity contribution in [3.8, 4) is 0 Å². The fraction of sp³-hybridized carbons (Fsp3) is 0.625. The van der Waals surface area contributed by atoms with E-state index >= 15 is 0 Å². The van der Waals surface area contributed by atoms with Crippen molar-refractivity contribution in [2.75, 3.05) is 13.2 Å². The van der Waals surface area contributed by atoms with E-state index in [4.69, 9.17) is 9.47 Å². The van der Waals surface area contributed by atoms with Gasteiger partial charge in [-0.1, -0.05) is 100 Å². The zero-order chi connectivity index (χ0) is 27.2. The summed E-state index contributed by atoms with van der Waals surface area (Å²) in [5.41, 5.74) is 0. The Balaban J connectivity index is 3.70. The zero-order valence-corrected chi connectivity index (χ0v) is 23.5. The van der Waals surface area contributed by atoms with Crippen LogP contribution >= 0.6 is 0 Å². The zero-order valence-electron chi connectivity index (χ0n) is 23.5. The first-order chi connectivity index (χ1) is 18.1. The van der Waals surface area contributed by atoms with Crippen LogP contribution in [0, 0.1) is 0 Å². The lowest BCUT2D eigenvalue weighted by atomic mass is 10.1. The predicted molar refractivity (Wildman–Crippen MR) is 154 cm³/mol. The molecule has 0 aromatic rings. The quantitative estimate of drug-likeness (QED) is 0.0797. The van der Waals surface area contributed by atoms with Crippen molar-refractivity contribution >= 4 is 11.9 Å². The Kier molecular flexibility index (Phi) is 26.3. The van der Waals surface area contributed by atoms with E-state index in [0.717, 1.165) is 83.5 Å². The van der Waals surface area contributed by atoms with E-state index in [0.29, 0.717) is 12.8 Å². The lowest BCUT2D eigenvalue weighted by Crippen LogP contribution is -2.28. The molecule has 1 N–H and O–H groups in total. The fourth-order valence-electron chi connectivity index (χ4n) is 3.40. The molecule has 0 spiro atoms. The van der Waals surface area contributed by atoms with Crippen LogP contribution in [0.2, 0.25) is 0 Å². The van der Waals surface area contributed by atoms with Crippen molar-refractivity contribution in [2.45, 2.75) is 116 Å². The number of allylic oxidation sites excluding steroid dienone is 10. The molecule has 0 amide bonds. The van der Waals surface area contributed by atoms with Crippen LogP contribution < -0.4 is 0 Å². The van der Waals surface area contributed by atoms with E-state index in [1.54, 1.807) is 0 Å². The standard InChI is InChI=1S/C32H52O5/c1-3-5-7-9-10-11-12-13-14-15-16-17-18-19-20-21-22-23-25-27-32(35)37-30(28-33)29-36-31(34)26-24-8-6-4-2/h5,7,10-11,13-14,16-17,19-20,30,33H,3-4,6,8-9,12,15,18,21-29H2,1-2H3/b7-5-,11-10-,14-13-,17-16-,20-19-. The summed E-state index contributed by atoms with van der Waals surface area (Å²) in [5, 5.41) is 9.38. The van der Waals surface area contributed by atoms with Gasteiger partial charge in [0.2, 0.25) is 0 Å². The number of aliphatic hydroxyl groups is 1. The topological polar surface area (TPSA) is 72.8 Å². The van der Waals surface area contributed by atoms with Gasteiger partial charge in [-0.2, -0.15) is 0 Å². The molecule has 0 heterocycles. The highest BCUT2D eigenvalue weighted by molar-refractivity contribution is 5.70. The first-order valence-corrected chi connectivity index (χ1v) is 14.3. The number of hydrogen-bond donors (Lipinski definition) is 1. The molecule has 0 aliphatic rings. The second kappa shape index (κ2) is 28.2. The average molecular weight is 517 g/mol. The third-order valence-corrected chi connectivity index (χ3v) is 5.58. The van der Waals surface area contributed by atoms with E-state index in [1.807, 2.05) is 0 Å². The Bertz CT molecular complexity index is 687. The molecule has 210 valence electrons. The van der Waals surface area contributed by atoms with Gasteiger partial charge in [0.1, 0.15) is 6.61 Å². The van der Waals surface area contributed by atoms with Crippen LogP contribution in [0.15, 0.2) is 60.8 Å². The van der Waals surface area contributed by atoms with Crippen LogP contribution in [0.25, 0.3) is 0 Å². The maximum atomic E-state index is 12.0. The Morgan fingerprint density at radius 2 is 1.16 bits per heavy atom. The number of carbonyl (C=O) groups is 2. The van der Waals surface area contributed by atoms with Crippen LogP contribution in [0.1, 0.15) is 110 Å². The smallest absolute Gasteiger partial charge is 0.306 e. The highest BCUT2D eigenvalue weighted by Crippen LogP contribution is 2.08. The van der Waals surface area contributed by atoms with E-state index in [9.17, 15) is 14.7 Å². The minimum atomic E-state index is -0.784. The van der Waals surface area contributed by atoms with Gasteiger partial charge in [0.05, 0.1) is 6.61 Å². The van der Waals surface area contributed by atoms with Gasteiger partial charge in [-0.3, -0.25) is 9.59 Å². The van der Waals surface area contributed by atoms with Crippen molar-refractivity contribution < 1.29 is 24.2 Å². The highest BCUT2D eigenvalue weighted by Gasteiger charge is 2.15. The monoisotopic (exact) mass is 516 g/mol. The molecule has 0 fully saturated rings. The lowest BCUT2D eigenvalue weighted by Gasteiger charge is -2.15. The molecule has 5 heteroatoms. The summed E-state index contributed by atoms with van der Waals surface area (Å²) >= 11 is 0. The molecule has 0 rings (SSSR count). The molecule has 0 aliphatic heterocycles. The first-order valence-electron chi connectivity index (χ1n) is 14.3. The molecule has 0 aliphatic carbocycles. The molecular weight excluding hydrogens is 464 g/mol. The Hall–Kier alpha value is -2.40. The second-order valence-electron chi connectivity index (χ2n) is 9.10. The number of hydrogen-bond acceptors (Lipinski definition) is 5. The first kappa shape index (κ1) is 34.6. The van der Waals surface area contributed by atoms with Gasteiger partial charge in [0.25, 0.3) is 0 Å².